The van der Waals surface area contributed by atoms with Gasteiger partial charge in [0, 0.05) is 100 Å². The summed E-state index contributed by atoms with van der Waals surface area (Å²) in [6, 6.07) is 0. The van der Waals surface area contributed by atoms with E-state index in [-0.39, 0.29) is 100 Å². The zero-order chi connectivity index (χ0) is 0. The van der Waals surface area contributed by atoms with Gasteiger partial charge in [-0.3, -0.25) is 0 Å². The maximum atomic E-state index is 0. The molecule has 0 saturated carbocycles. The molecule has 0 saturated heterocycles. The van der Waals surface area contributed by atoms with Crippen molar-refractivity contribution in [2.24, 2.45) is 0 Å². The maximum absolute atomic E-state index is 0. The van der Waals surface area contributed by atoms with Gasteiger partial charge in [-0.2, -0.15) is 0 Å². The van der Waals surface area contributed by atoms with Gasteiger partial charge in [-0.05, 0) is 0 Å². The van der Waals surface area contributed by atoms with Crippen molar-refractivity contribution < 1.29 is 100 Å². The third kappa shape index (κ3) is 19.0. The quantitative estimate of drug-likeness (QED) is 0.552. The molecule has 0 aliphatic carbocycles. The summed E-state index contributed by atoms with van der Waals surface area (Å²) in [6.07, 6.45) is 0. The maximum Gasteiger partial charge on any atom is 0 e. The van der Waals surface area contributed by atoms with Crippen molar-refractivity contribution in [2.75, 3.05) is 0 Å². The minimum atomic E-state index is 0. The number of rotatable bonds is 0. The summed E-state index contributed by atoms with van der Waals surface area (Å²) in [5.74, 6) is 0. The Kier molecular flexibility index (Phi) is 224. The fraction of sp³-hybridized carbons (Fsp3) is 0. The van der Waals surface area contributed by atoms with Gasteiger partial charge in [-0.15, -0.1) is 0 Å². The summed E-state index contributed by atoms with van der Waals surface area (Å²) < 4.78 is 0. The van der Waals surface area contributed by atoms with Gasteiger partial charge in [-0.25, -0.2) is 0 Å². The van der Waals surface area contributed by atoms with Crippen molar-refractivity contribution in [2.45, 2.75) is 0 Å². The van der Waals surface area contributed by atoms with Crippen LogP contribution in [0.1, 0.15) is 0 Å². The fourth-order valence-electron chi connectivity index (χ4n) is 0. The summed E-state index contributed by atoms with van der Waals surface area (Å²) in [6.45, 7) is 0. The SMILES string of the molecule is [Cr].[Ni].[Ti].[V].[Zr]. The van der Waals surface area contributed by atoms with E-state index in [1.54, 1.807) is 0 Å². The van der Waals surface area contributed by atoms with E-state index in [0.29, 0.717) is 0 Å². The first-order chi connectivity index (χ1) is 0. The van der Waals surface area contributed by atoms with Crippen LogP contribution in [0, 0.1) is 0 Å². The van der Waals surface area contributed by atoms with Crippen LogP contribution in [0.15, 0.2) is 0 Å². The Hall–Kier alpha value is 3.21. The van der Waals surface area contributed by atoms with Crippen LogP contribution in [0.25, 0.3) is 0 Å². The zero-order valence-corrected chi connectivity index (χ0v) is 9.85. The van der Waals surface area contributed by atoms with Crippen LogP contribution in [0.3, 0.4) is 0 Å². The Labute approximate surface area is 98.6 Å². The van der Waals surface area contributed by atoms with Crippen molar-refractivity contribution in [1.82, 2.24) is 0 Å². The molecule has 0 bridgehead atoms. The molecule has 0 aliphatic rings. The van der Waals surface area contributed by atoms with Gasteiger partial charge in [0.15, 0.2) is 0 Å². The molecule has 0 unspecified atom stereocenters. The minimum Gasteiger partial charge on any atom is 0 e. The monoisotopic (exact) mass is 299 g/mol. The van der Waals surface area contributed by atoms with Crippen LogP contribution in [-0.2, 0) is 100 Å². The van der Waals surface area contributed by atoms with Gasteiger partial charge >= 0.3 is 0 Å². The van der Waals surface area contributed by atoms with Crippen molar-refractivity contribution in [3.05, 3.63) is 0 Å². The summed E-state index contributed by atoms with van der Waals surface area (Å²) in [4.78, 5) is 0. The molecule has 1 radical (unpaired) electrons. The van der Waals surface area contributed by atoms with E-state index >= 15 is 0 Å². The fourth-order valence-corrected chi connectivity index (χ4v) is 0. The van der Waals surface area contributed by atoms with Crippen molar-refractivity contribution in [3.8, 4) is 0 Å². The topological polar surface area (TPSA) is 0 Å². The summed E-state index contributed by atoms with van der Waals surface area (Å²) in [5, 5.41) is 0. The molecule has 0 rings (SSSR count). The van der Waals surface area contributed by atoms with E-state index in [1.807, 2.05) is 0 Å². The Bertz CT molecular complexity index is 11.6. The molecular formula is CrNiTiVZr. The first-order valence-corrected chi connectivity index (χ1v) is 0. The molecule has 0 aromatic rings. The molecule has 5 heteroatoms. The number of hydrogen-bond donors (Lipinski definition) is 0. The van der Waals surface area contributed by atoms with E-state index in [2.05, 4.69) is 0 Å². The van der Waals surface area contributed by atoms with E-state index < -0.39 is 0 Å². The van der Waals surface area contributed by atoms with Crippen LogP contribution in [0.5, 0.6) is 0 Å². The Morgan fingerprint density at radius 3 is 1.00 bits per heavy atom. The van der Waals surface area contributed by atoms with Crippen LogP contribution < -0.4 is 0 Å². The Morgan fingerprint density at radius 2 is 1.00 bits per heavy atom. The molecular weight excluding hydrogens is 301 g/mol. The van der Waals surface area contributed by atoms with E-state index in [1.165, 1.54) is 0 Å². The van der Waals surface area contributed by atoms with E-state index in [9.17, 15) is 0 Å². The van der Waals surface area contributed by atoms with Crippen molar-refractivity contribution >= 4 is 0 Å². The molecule has 0 aliphatic heterocycles. The van der Waals surface area contributed by atoms with Crippen LogP contribution in [0.2, 0.25) is 0 Å². The predicted molar refractivity (Wildman–Crippen MR) is 0 cm³/mol. The van der Waals surface area contributed by atoms with Gasteiger partial charge in [0.2, 0.25) is 0 Å². The van der Waals surface area contributed by atoms with Gasteiger partial charge < -0.3 is 0 Å². The van der Waals surface area contributed by atoms with Crippen molar-refractivity contribution in [1.29, 1.82) is 0 Å². The second-order valence-electron chi connectivity index (χ2n) is 0. The first kappa shape index (κ1) is 41.4. The molecule has 0 N–H and O–H groups in total. The average molecular weight is 301 g/mol. The average Bonchev–Trinajstić information content (AvgIpc) is 0. The first-order valence-electron chi connectivity index (χ1n) is 0. The molecule has 5 heavy (non-hydrogen) atoms. The zero-order valence-electron chi connectivity index (χ0n) is 2.17. The molecule has 0 spiro atoms. The van der Waals surface area contributed by atoms with Gasteiger partial charge in [0.1, 0.15) is 0 Å². The summed E-state index contributed by atoms with van der Waals surface area (Å²) in [7, 11) is 0. The molecule has 0 amide bonds. The number of hydrogen-bond acceptors (Lipinski definition) is 0. The largest absolute Gasteiger partial charge is 0 e. The molecule has 0 aromatic carbocycles. The molecule has 0 heterocycles. The van der Waals surface area contributed by atoms with E-state index in [4.69, 9.17) is 0 Å². The second kappa shape index (κ2) is 27.0. The van der Waals surface area contributed by atoms with E-state index in [0.717, 1.165) is 0 Å². The molecule has 0 atom stereocenters. The molecule has 29 valence electrons. The summed E-state index contributed by atoms with van der Waals surface area (Å²) >= 11 is 0. The second-order valence-corrected chi connectivity index (χ2v) is 0. The Morgan fingerprint density at radius 1 is 1.00 bits per heavy atom. The third-order valence-corrected chi connectivity index (χ3v) is 0. The third-order valence-electron chi connectivity index (χ3n) is 0. The predicted octanol–water partition coefficient (Wildman–Crippen LogP) is -0.0125. The van der Waals surface area contributed by atoms with Crippen LogP contribution in [0.4, 0.5) is 0 Å². The smallest absolute Gasteiger partial charge is 0 e. The minimum absolute atomic E-state index is 0. The van der Waals surface area contributed by atoms with Crippen LogP contribution in [-0.4, -0.2) is 0 Å². The molecule has 0 aromatic heterocycles. The Balaban J connectivity index is 0. The van der Waals surface area contributed by atoms with Gasteiger partial charge in [0.25, 0.3) is 0 Å². The summed E-state index contributed by atoms with van der Waals surface area (Å²) in [5.41, 5.74) is 0. The van der Waals surface area contributed by atoms with Gasteiger partial charge in [0.05, 0.1) is 0 Å². The van der Waals surface area contributed by atoms with Crippen molar-refractivity contribution in [3.63, 3.8) is 0 Å². The normalized spacial score (nSPS) is 0. The van der Waals surface area contributed by atoms with Crippen LogP contribution >= 0.6 is 0 Å². The van der Waals surface area contributed by atoms with Gasteiger partial charge in [-0.1, -0.05) is 0 Å². The standard InChI is InChI=1S/Cr.Ni.Ti.V.Zr. The molecule has 0 nitrogen and oxygen atoms in total. The molecule has 0 fully saturated rings.